The molecular formula is C25H24N4O4S. The molecule has 0 bridgehead atoms. The highest BCUT2D eigenvalue weighted by Crippen LogP contribution is 2.38. The van der Waals surface area contributed by atoms with E-state index in [-0.39, 0.29) is 23.5 Å². The second-order valence-corrected chi connectivity index (χ2v) is 9.74. The Bertz CT molecular complexity index is 1360. The lowest BCUT2D eigenvalue weighted by atomic mass is 9.92. The Kier molecular flexibility index (Phi) is 5.79. The number of thiophene rings is 1. The minimum atomic E-state index is -0.398. The summed E-state index contributed by atoms with van der Waals surface area (Å²) in [6.45, 7) is 2.52. The predicted molar refractivity (Wildman–Crippen MR) is 135 cm³/mol. The molecule has 1 aliphatic carbocycles. The van der Waals surface area contributed by atoms with Gasteiger partial charge in [0.15, 0.2) is 0 Å². The minimum absolute atomic E-state index is 0.00299. The van der Waals surface area contributed by atoms with Crippen LogP contribution in [-0.4, -0.2) is 29.3 Å². The molecule has 3 N–H and O–H groups in total. The van der Waals surface area contributed by atoms with Gasteiger partial charge in [0.05, 0.1) is 16.2 Å². The Morgan fingerprint density at radius 1 is 1.21 bits per heavy atom. The van der Waals surface area contributed by atoms with Crippen molar-refractivity contribution < 1.29 is 14.5 Å². The summed E-state index contributed by atoms with van der Waals surface area (Å²) in [4.78, 5) is 37.4. The lowest BCUT2D eigenvalue weighted by molar-refractivity contribution is -0.385. The number of hydrogen-bond donors (Lipinski definition) is 3. The van der Waals surface area contributed by atoms with E-state index in [1.54, 1.807) is 24.3 Å². The molecule has 1 atom stereocenters. The van der Waals surface area contributed by atoms with Crippen LogP contribution in [0.2, 0.25) is 0 Å². The van der Waals surface area contributed by atoms with Crippen molar-refractivity contribution in [2.75, 3.05) is 17.2 Å². The largest absolute Gasteiger partial charge is 0.381 e. The van der Waals surface area contributed by atoms with Crippen LogP contribution >= 0.6 is 11.3 Å². The van der Waals surface area contributed by atoms with Gasteiger partial charge in [-0.15, -0.1) is 11.3 Å². The second kappa shape index (κ2) is 8.90. The number of carbonyl (C=O) groups excluding carboxylic acids is 2. The van der Waals surface area contributed by atoms with E-state index in [2.05, 4.69) is 22.0 Å². The van der Waals surface area contributed by atoms with Gasteiger partial charge in [-0.05, 0) is 68.5 Å². The fourth-order valence-electron chi connectivity index (χ4n) is 4.49. The third-order valence-electron chi connectivity index (χ3n) is 6.21. The monoisotopic (exact) mass is 476 g/mol. The molecule has 1 aromatic heterocycles. The predicted octanol–water partition coefficient (Wildman–Crippen LogP) is 5.56. The maximum absolute atomic E-state index is 13.0. The first-order valence-corrected chi connectivity index (χ1v) is 12.1. The van der Waals surface area contributed by atoms with Crippen LogP contribution in [0.1, 0.15) is 58.2 Å². The number of benzene rings is 2. The summed E-state index contributed by atoms with van der Waals surface area (Å²) >= 11 is 1.38. The van der Waals surface area contributed by atoms with E-state index >= 15 is 0 Å². The van der Waals surface area contributed by atoms with Crippen LogP contribution < -0.4 is 16.0 Å². The van der Waals surface area contributed by atoms with Gasteiger partial charge in [-0.25, -0.2) is 0 Å². The van der Waals surface area contributed by atoms with E-state index in [1.807, 2.05) is 13.0 Å². The number of allylic oxidation sites excluding steroid dienone is 2. The van der Waals surface area contributed by atoms with Crippen LogP contribution in [0.15, 0.2) is 42.5 Å². The van der Waals surface area contributed by atoms with Crippen molar-refractivity contribution in [2.24, 2.45) is 0 Å². The Hall–Kier alpha value is -3.72. The highest BCUT2D eigenvalue weighted by atomic mass is 32.1. The maximum atomic E-state index is 13.0. The summed E-state index contributed by atoms with van der Waals surface area (Å²) in [6, 6.07) is 10.1. The van der Waals surface area contributed by atoms with Gasteiger partial charge in [0, 0.05) is 40.0 Å². The van der Waals surface area contributed by atoms with Gasteiger partial charge < -0.3 is 16.0 Å². The third-order valence-corrected chi connectivity index (χ3v) is 7.38. The van der Waals surface area contributed by atoms with E-state index in [0.29, 0.717) is 28.2 Å². The molecule has 2 aromatic carbocycles. The molecule has 0 saturated heterocycles. The molecule has 2 heterocycles. The molecule has 9 heteroatoms. The molecule has 2 amide bonds. The number of nitro groups is 1. The summed E-state index contributed by atoms with van der Waals surface area (Å²) in [5.41, 5.74) is 3.11. The van der Waals surface area contributed by atoms with Gasteiger partial charge in [0.25, 0.3) is 17.5 Å². The van der Waals surface area contributed by atoms with Crippen molar-refractivity contribution >= 4 is 55.9 Å². The van der Waals surface area contributed by atoms with E-state index in [1.165, 1.54) is 17.4 Å². The van der Waals surface area contributed by atoms with Gasteiger partial charge in [0.2, 0.25) is 0 Å². The number of rotatable bonds is 4. The SMILES string of the molecule is C[C@@H]1CNc2c(sc3ccc(C(=O)Nc4ccc(C5=CCCCC5)c([N+](=O)[O-])c4)cc23)C(=O)N1. The number of hydrogen-bond acceptors (Lipinski definition) is 6. The molecule has 5 rings (SSSR count). The molecule has 3 aromatic rings. The number of fused-ring (bicyclic) bond motifs is 3. The number of nitrogens with zero attached hydrogens (tertiary/aromatic N) is 1. The lowest BCUT2D eigenvalue weighted by Gasteiger charge is -2.14. The fourth-order valence-corrected chi connectivity index (χ4v) is 5.55. The summed E-state index contributed by atoms with van der Waals surface area (Å²) in [5.74, 6) is -0.493. The molecule has 0 saturated carbocycles. The van der Waals surface area contributed by atoms with E-state index in [4.69, 9.17) is 0 Å². The molecule has 0 fully saturated rings. The average Bonchev–Trinajstić information content (AvgIpc) is 3.14. The molecule has 174 valence electrons. The topological polar surface area (TPSA) is 113 Å². The fraction of sp³-hybridized carbons (Fsp3) is 0.280. The first-order chi connectivity index (χ1) is 16.4. The zero-order chi connectivity index (χ0) is 23.8. The van der Waals surface area contributed by atoms with E-state index in [0.717, 1.165) is 47.0 Å². The van der Waals surface area contributed by atoms with Crippen molar-refractivity contribution in [3.8, 4) is 0 Å². The van der Waals surface area contributed by atoms with Gasteiger partial charge in [-0.1, -0.05) is 6.08 Å². The smallest absolute Gasteiger partial charge is 0.278 e. The molecule has 8 nitrogen and oxygen atoms in total. The van der Waals surface area contributed by atoms with Crippen molar-refractivity contribution in [3.05, 3.63) is 68.6 Å². The Labute approximate surface area is 200 Å². The van der Waals surface area contributed by atoms with Gasteiger partial charge in [-0.3, -0.25) is 19.7 Å². The normalized spacial score (nSPS) is 17.7. The average molecular weight is 477 g/mol. The highest BCUT2D eigenvalue weighted by molar-refractivity contribution is 7.21. The lowest BCUT2D eigenvalue weighted by Crippen LogP contribution is -2.34. The number of amides is 2. The van der Waals surface area contributed by atoms with Gasteiger partial charge >= 0.3 is 0 Å². The number of nitrogens with one attached hydrogen (secondary N) is 3. The first kappa shape index (κ1) is 22.1. The van der Waals surface area contributed by atoms with Gasteiger partial charge in [0.1, 0.15) is 4.88 Å². The Morgan fingerprint density at radius 2 is 2.06 bits per heavy atom. The van der Waals surface area contributed by atoms with Gasteiger partial charge in [-0.2, -0.15) is 0 Å². The molecule has 2 aliphatic rings. The Morgan fingerprint density at radius 3 is 2.82 bits per heavy atom. The third kappa shape index (κ3) is 4.14. The molecule has 0 spiro atoms. The Balaban J connectivity index is 1.43. The van der Waals surface area contributed by atoms with Crippen LogP contribution in [0.3, 0.4) is 0 Å². The van der Waals surface area contributed by atoms with E-state index in [9.17, 15) is 19.7 Å². The molecule has 0 radical (unpaired) electrons. The summed E-state index contributed by atoms with van der Waals surface area (Å²) in [6.07, 6.45) is 5.93. The molecule has 0 unspecified atom stereocenters. The quantitative estimate of drug-likeness (QED) is 0.337. The summed E-state index contributed by atoms with van der Waals surface area (Å²) < 4.78 is 0.902. The van der Waals surface area contributed by atoms with Crippen LogP contribution in [-0.2, 0) is 0 Å². The standard InChI is InChI=1S/C25H24N4O4S/c1-14-13-26-22-19-11-16(7-10-21(19)34-23(22)25(31)27-14)24(30)28-17-8-9-18(20(12-17)29(32)33)15-5-3-2-4-6-15/h5,7-12,14,26H,2-4,6,13H2,1H3,(H,27,31)(H,28,30)/t14-/m1/s1. The van der Waals surface area contributed by atoms with Crippen LogP contribution in [0, 0.1) is 10.1 Å². The number of anilines is 2. The summed E-state index contributed by atoms with van der Waals surface area (Å²) in [7, 11) is 0. The second-order valence-electron chi connectivity index (χ2n) is 8.69. The van der Waals surface area contributed by atoms with E-state index < -0.39 is 4.92 Å². The van der Waals surface area contributed by atoms with Crippen LogP contribution in [0.25, 0.3) is 15.7 Å². The molecular weight excluding hydrogens is 452 g/mol. The summed E-state index contributed by atoms with van der Waals surface area (Å²) in [5, 5.41) is 21.6. The zero-order valence-electron chi connectivity index (χ0n) is 18.6. The molecule has 1 aliphatic heterocycles. The first-order valence-electron chi connectivity index (χ1n) is 11.3. The highest BCUT2D eigenvalue weighted by Gasteiger charge is 2.24. The van der Waals surface area contributed by atoms with Crippen molar-refractivity contribution in [1.82, 2.24) is 5.32 Å². The van der Waals surface area contributed by atoms with Crippen LogP contribution in [0.5, 0.6) is 0 Å². The number of carbonyl (C=O) groups is 2. The van der Waals surface area contributed by atoms with Crippen molar-refractivity contribution in [1.29, 1.82) is 0 Å². The van der Waals surface area contributed by atoms with Crippen LogP contribution in [0.4, 0.5) is 17.1 Å². The van der Waals surface area contributed by atoms with Crippen molar-refractivity contribution in [3.63, 3.8) is 0 Å². The molecule has 34 heavy (non-hydrogen) atoms. The zero-order valence-corrected chi connectivity index (χ0v) is 19.5. The minimum Gasteiger partial charge on any atom is -0.381 e. The number of nitro benzene ring substituents is 1. The van der Waals surface area contributed by atoms with Crippen molar-refractivity contribution in [2.45, 2.75) is 38.6 Å². The maximum Gasteiger partial charge on any atom is 0.278 e.